The van der Waals surface area contributed by atoms with Crippen LogP contribution in [0, 0.1) is 0 Å². The molecule has 3 rings (SSSR count). The maximum Gasteiger partial charge on any atom is 0.329 e. The third kappa shape index (κ3) is 8.66. The number of anilines is 1. The van der Waals surface area contributed by atoms with E-state index in [1.165, 1.54) is 6.21 Å². The molecule has 0 heterocycles. The zero-order chi connectivity index (χ0) is 27.2. The third-order valence-electron chi connectivity index (χ3n) is 4.98. The van der Waals surface area contributed by atoms with Gasteiger partial charge in [-0.2, -0.15) is 5.10 Å². The van der Waals surface area contributed by atoms with Crippen LogP contribution in [0.1, 0.15) is 25.0 Å². The highest BCUT2D eigenvalue weighted by molar-refractivity contribution is 6.39. The number of rotatable bonds is 12. The van der Waals surface area contributed by atoms with Gasteiger partial charge in [0.1, 0.15) is 5.75 Å². The summed E-state index contributed by atoms with van der Waals surface area (Å²) in [5.74, 6) is -0.859. The number of benzene rings is 3. The van der Waals surface area contributed by atoms with Gasteiger partial charge in [0.05, 0.1) is 25.1 Å². The molecule has 3 aromatic rings. The van der Waals surface area contributed by atoms with Crippen LogP contribution in [0.5, 0.6) is 17.2 Å². The molecule has 0 aromatic heterocycles. The number of hydrogen-bond donors (Lipinski definition) is 3. The van der Waals surface area contributed by atoms with Crippen molar-refractivity contribution in [3.05, 3.63) is 83.9 Å². The van der Waals surface area contributed by atoms with E-state index in [0.29, 0.717) is 48.3 Å². The normalized spacial score (nSPS) is 10.5. The van der Waals surface area contributed by atoms with Gasteiger partial charge < -0.3 is 24.8 Å². The average Bonchev–Trinajstić information content (AvgIpc) is 2.93. The van der Waals surface area contributed by atoms with Gasteiger partial charge in [-0.25, -0.2) is 5.43 Å². The molecule has 3 N–H and O–H groups in total. The van der Waals surface area contributed by atoms with Gasteiger partial charge in [-0.05, 0) is 55.3 Å². The number of carbonyl (C=O) groups is 3. The monoisotopic (exact) mass is 518 g/mol. The largest absolute Gasteiger partial charge is 0.492 e. The first-order chi connectivity index (χ1) is 18.5. The lowest BCUT2D eigenvalue weighted by atomic mass is 10.2. The molecule has 10 nitrogen and oxygen atoms in total. The minimum absolute atomic E-state index is 0.183. The lowest BCUT2D eigenvalue weighted by Crippen LogP contribution is -2.32. The molecule has 0 bridgehead atoms. The SMILES string of the molecule is CCOc1ccccc1NC(=O)C(=O)N/N=C\c1ccc(OCC(=O)NCc2ccccc2)c(OCC)c1. The Morgan fingerprint density at radius 1 is 0.789 bits per heavy atom. The molecule has 0 saturated carbocycles. The van der Waals surface area contributed by atoms with Crippen LogP contribution in [0.3, 0.4) is 0 Å². The van der Waals surface area contributed by atoms with E-state index in [1.54, 1.807) is 42.5 Å². The van der Waals surface area contributed by atoms with Crippen molar-refractivity contribution in [2.75, 3.05) is 25.1 Å². The maximum atomic E-state index is 12.2. The molecule has 10 heteroatoms. The fraction of sp³-hybridized carbons (Fsp3) is 0.214. The number of nitrogens with one attached hydrogen (secondary N) is 3. The smallest absolute Gasteiger partial charge is 0.329 e. The van der Waals surface area contributed by atoms with E-state index < -0.39 is 11.8 Å². The standard InChI is InChI=1S/C28H30N4O6/c1-3-36-23-13-9-8-12-22(23)31-27(34)28(35)32-30-18-21-14-15-24(25(16-21)37-4-2)38-19-26(33)29-17-20-10-6-5-7-11-20/h5-16,18H,3-4,17,19H2,1-2H3,(H,29,33)(H,31,34)(H,32,35)/b30-18-. The van der Waals surface area contributed by atoms with Crippen LogP contribution in [0.25, 0.3) is 0 Å². The van der Waals surface area contributed by atoms with Gasteiger partial charge in [-0.3, -0.25) is 14.4 Å². The topological polar surface area (TPSA) is 127 Å². The second-order valence-electron chi connectivity index (χ2n) is 7.77. The van der Waals surface area contributed by atoms with Crippen LogP contribution in [0.2, 0.25) is 0 Å². The van der Waals surface area contributed by atoms with Crippen LogP contribution < -0.4 is 30.3 Å². The van der Waals surface area contributed by atoms with Crippen LogP contribution in [-0.2, 0) is 20.9 Å². The van der Waals surface area contributed by atoms with Gasteiger partial charge in [0, 0.05) is 6.54 Å². The van der Waals surface area contributed by atoms with Crippen molar-refractivity contribution in [1.82, 2.24) is 10.7 Å². The average molecular weight is 519 g/mol. The van der Waals surface area contributed by atoms with E-state index in [4.69, 9.17) is 14.2 Å². The molecule has 0 fully saturated rings. The van der Waals surface area contributed by atoms with Crippen molar-refractivity contribution < 1.29 is 28.6 Å². The van der Waals surface area contributed by atoms with Gasteiger partial charge in [0.25, 0.3) is 5.91 Å². The first-order valence-electron chi connectivity index (χ1n) is 12.1. The summed E-state index contributed by atoms with van der Waals surface area (Å²) in [5.41, 5.74) is 4.13. The highest BCUT2D eigenvalue weighted by Gasteiger charge is 2.15. The summed E-state index contributed by atoms with van der Waals surface area (Å²) in [6.07, 6.45) is 1.36. The van der Waals surface area contributed by atoms with Crippen molar-refractivity contribution in [1.29, 1.82) is 0 Å². The first kappa shape index (κ1) is 27.7. The summed E-state index contributed by atoms with van der Waals surface area (Å²) in [5, 5.41) is 9.14. The molecular formula is C28H30N4O6. The first-order valence-corrected chi connectivity index (χ1v) is 12.1. The highest BCUT2D eigenvalue weighted by atomic mass is 16.5. The lowest BCUT2D eigenvalue weighted by Gasteiger charge is -2.12. The zero-order valence-corrected chi connectivity index (χ0v) is 21.2. The zero-order valence-electron chi connectivity index (χ0n) is 21.2. The van der Waals surface area contributed by atoms with E-state index >= 15 is 0 Å². The van der Waals surface area contributed by atoms with E-state index in [1.807, 2.05) is 44.2 Å². The van der Waals surface area contributed by atoms with Crippen LogP contribution >= 0.6 is 0 Å². The van der Waals surface area contributed by atoms with Gasteiger partial charge in [0.2, 0.25) is 0 Å². The number of amides is 3. The molecule has 0 atom stereocenters. The molecule has 0 saturated heterocycles. The molecule has 198 valence electrons. The van der Waals surface area contributed by atoms with Crippen molar-refractivity contribution in [3.8, 4) is 17.2 Å². The van der Waals surface area contributed by atoms with Gasteiger partial charge >= 0.3 is 11.8 Å². The fourth-order valence-electron chi connectivity index (χ4n) is 3.23. The number of hydrazone groups is 1. The molecule has 0 spiro atoms. The van der Waals surface area contributed by atoms with Crippen LogP contribution in [-0.4, -0.2) is 43.8 Å². The molecule has 3 aromatic carbocycles. The molecule has 3 amide bonds. The molecule has 0 aliphatic carbocycles. The molecule has 0 unspecified atom stereocenters. The van der Waals surface area contributed by atoms with Crippen molar-refractivity contribution >= 4 is 29.6 Å². The van der Waals surface area contributed by atoms with Crippen molar-refractivity contribution in [2.45, 2.75) is 20.4 Å². The van der Waals surface area contributed by atoms with Gasteiger partial charge in [-0.15, -0.1) is 0 Å². The third-order valence-corrected chi connectivity index (χ3v) is 4.98. The number of nitrogens with zero attached hydrogens (tertiary/aromatic N) is 1. The van der Waals surface area contributed by atoms with E-state index in [2.05, 4.69) is 21.2 Å². The van der Waals surface area contributed by atoms with E-state index in [9.17, 15) is 14.4 Å². The molecule has 38 heavy (non-hydrogen) atoms. The minimum atomic E-state index is -0.945. The fourth-order valence-corrected chi connectivity index (χ4v) is 3.23. The molecule has 0 aliphatic heterocycles. The minimum Gasteiger partial charge on any atom is -0.492 e. The van der Waals surface area contributed by atoms with E-state index in [-0.39, 0.29) is 12.5 Å². The summed E-state index contributed by atoms with van der Waals surface area (Å²) < 4.78 is 16.7. The second kappa shape index (κ2) is 14.6. The Morgan fingerprint density at radius 2 is 1.50 bits per heavy atom. The Labute approximate surface area is 221 Å². The molecular weight excluding hydrogens is 488 g/mol. The van der Waals surface area contributed by atoms with Crippen molar-refractivity contribution in [2.24, 2.45) is 5.10 Å². The Morgan fingerprint density at radius 3 is 2.26 bits per heavy atom. The summed E-state index contributed by atoms with van der Waals surface area (Å²) in [6.45, 7) is 4.65. The van der Waals surface area contributed by atoms with Crippen LogP contribution in [0.4, 0.5) is 5.69 Å². The Bertz CT molecular complexity index is 1260. The maximum absolute atomic E-state index is 12.2. The quantitative estimate of drug-likeness (QED) is 0.192. The number of para-hydroxylation sites is 2. The number of hydrogen-bond acceptors (Lipinski definition) is 7. The summed E-state index contributed by atoms with van der Waals surface area (Å²) in [7, 11) is 0. The van der Waals surface area contributed by atoms with Crippen molar-refractivity contribution in [3.63, 3.8) is 0 Å². The summed E-state index contributed by atoms with van der Waals surface area (Å²) in [6, 6.07) is 21.3. The second-order valence-corrected chi connectivity index (χ2v) is 7.77. The highest BCUT2D eigenvalue weighted by Crippen LogP contribution is 2.28. The van der Waals surface area contributed by atoms with E-state index in [0.717, 1.165) is 5.56 Å². The molecule has 0 aliphatic rings. The predicted octanol–water partition coefficient (Wildman–Crippen LogP) is 3.27. The molecule has 0 radical (unpaired) electrons. The Hall–Kier alpha value is -4.86. The predicted molar refractivity (Wildman–Crippen MR) is 143 cm³/mol. The van der Waals surface area contributed by atoms with Gasteiger partial charge in [-0.1, -0.05) is 42.5 Å². The summed E-state index contributed by atoms with van der Waals surface area (Å²) in [4.78, 5) is 36.6. The summed E-state index contributed by atoms with van der Waals surface area (Å²) >= 11 is 0. The lowest BCUT2D eigenvalue weighted by molar-refractivity contribution is -0.136. The number of carbonyl (C=O) groups excluding carboxylic acids is 3. The Balaban J connectivity index is 1.53. The number of ether oxygens (including phenoxy) is 3. The van der Waals surface area contributed by atoms with Crippen LogP contribution in [0.15, 0.2) is 77.9 Å². The Kier molecular flexibility index (Phi) is 10.7. The van der Waals surface area contributed by atoms with Gasteiger partial charge in [0.15, 0.2) is 18.1 Å².